The SMILES string of the molecule is CCn1ncc2ccc(N(Cc3ccc(-c4nnc(C(F)F)o4)cc3F)C(=O)N3CCS(=O)(=O)CC3)cc21. The molecule has 200 valence electrons. The summed E-state index contributed by atoms with van der Waals surface area (Å²) in [4.78, 5) is 16.4. The van der Waals surface area contributed by atoms with Crippen LogP contribution in [-0.2, 0) is 22.9 Å². The Labute approximate surface area is 215 Å². The van der Waals surface area contributed by atoms with Crippen LogP contribution in [0.1, 0.15) is 24.8 Å². The van der Waals surface area contributed by atoms with Gasteiger partial charge in [-0.15, -0.1) is 10.2 Å². The Kier molecular flexibility index (Phi) is 6.82. The van der Waals surface area contributed by atoms with Gasteiger partial charge >= 0.3 is 12.5 Å². The Bertz CT molecular complexity index is 1590. The second kappa shape index (κ2) is 10.1. The number of aryl methyl sites for hydroxylation is 1. The minimum absolute atomic E-state index is 0.0257. The predicted octanol–water partition coefficient (Wildman–Crippen LogP) is 4.04. The van der Waals surface area contributed by atoms with Gasteiger partial charge in [0.2, 0.25) is 5.89 Å². The summed E-state index contributed by atoms with van der Waals surface area (Å²) < 4.78 is 71.3. The van der Waals surface area contributed by atoms with Crippen LogP contribution in [0.3, 0.4) is 0 Å². The van der Waals surface area contributed by atoms with Gasteiger partial charge in [-0.2, -0.15) is 13.9 Å². The zero-order chi connectivity index (χ0) is 27.0. The van der Waals surface area contributed by atoms with Crippen LogP contribution >= 0.6 is 0 Å². The Morgan fingerprint density at radius 1 is 1.13 bits per heavy atom. The standard InChI is InChI=1S/C24H23F3N6O4S/c1-2-33-20-12-18(6-5-16(20)13-28-33)32(24(34)31-7-9-38(35,36)10-8-31)14-17-4-3-15(11-19(17)25)22-29-30-23(37-22)21(26)27/h3-6,11-13,21H,2,7-10,14H2,1H3. The molecule has 5 rings (SSSR count). The van der Waals surface area contributed by atoms with Crippen LogP contribution in [-0.4, -0.2) is 63.9 Å². The molecule has 10 nitrogen and oxygen atoms in total. The number of hydrogen-bond donors (Lipinski definition) is 0. The van der Waals surface area contributed by atoms with E-state index in [1.54, 1.807) is 29.1 Å². The number of sulfone groups is 1. The molecule has 1 saturated heterocycles. The normalized spacial score (nSPS) is 15.3. The third kappa shape index (κ3) is 5.08. The predicted molar refractivity (Wildman–Crippen MR) is 132 cm³/mol. The van der Waals surface area contributed by atoms with Gasteiger partial charge in [0.25, 0.3) is 5.89 Å². The molecular formula is C24H23F3N6O4S. The van der Waals surface area contributed by atoms with Crippen molar-refractivity contribution in [3.63, 3.8) is 0 Å². The monoisotopic (exact) mass is 548 g/mol. The van der Waals surface area contributed by atoms with Gasteiger partial charge < -0.3 is 9.32 Å². The van der Waals surface area contributed by atoms with Gasteiger partial charge in [-0.05, 0) is 37.3 Å². The fourth-order valence-corrected chi connectivity index (χ4v) is 5.44. The molecule has 2 aromatic heterocycles. The van der Waals surface area contributed by atoms with Crippen molar-refractivity contribution in [2.45, 2.75) is 26.4 Å². The Hall–Kier alpha value is -3.94. The smallest absolute Gasteiger partial charge is 0.324 e. The second-order valence-electron chi connectivity index (χ2n) is 8.76. The van der Waals surface area contributed by atoms with Crippen LogP contribution in [0.15, 0.2) is 47.0 Å². The third-order valence-electron chi connectivity index (χ3n) is 6.34. The molecule has 0 N–H and O–H groups in total. The molecule has 2 aromatic carbocycles. The molecule has 4 aromatic rings. The lowest BCUT2D eigenvalue weighted by atomic mass is 10.1. The molecule has 0 radical (unpaired) electrons. The molecular weight excluding hydrogens is 525 g/mol. The third-order valence-corrected chi connectivity index (χ3v) is 7.95. The summed E-state index contributed by atoms with van der Waals surface area (Å²) in [5, 5.41) is 12.0. The summed E-state index contributed by atoms with van der Waals surface area (Å²) in [7, 11) is -3.22. The van der Waals surface area contributed by atoms with Gasteiger partial charge in [0.15, 0.2) is 9.84 Å². The number of anilines is 1. The first-order chi connectivity index (χ1) is 18.1. The van der Waals surface area contributed by atoms with Crippen molar-refractivity contribution in [3.05, 3.63) is 59.9 Å². The molecule has 0 aliphatic carbocycles. The molecule has 1 fully saturated rings. The topological polar surface area (TPSA) is 114 Å². The molecule has 0 spiro atoms. The van der Waals surface area contributed by atoms with Crippen LogP contribution in [0.2, 0.25) is 0 Å². The Morgan fingerprint density at radius 3 is 2.55 bits per heavy atom. The summed E-state index contributed by atoms with van der Waals surface area (Å²) in [6, 6.07) is 8.76. The van der Waals surface area contributed by atoms with Crippen molar-refractivity contribution in [3.8, 4) is 11.5 Å². The first-order valence-electron chi connectivity index (χ1n) is 11.8. The van der Waals surface area contributed by atoms with Crippen LogP contribution in [0.5, 0.6) is 0 Å². The van der Waals surface area contributed by atoms with Gasteiger partial charge in [0.1, 0.15) is 5.82 Å². The summed E-state index contributed by atoms with van der Waals surface area (Å²) in [6.07, 6.45) is -1.24. The summed E-state index contributed by atoms with van der Waals surface area (Å²) in [5.41, 5.74) is 1.52. The minimum atomic E-state index is -3.22. The van der Waals surface area contributed by atoms with Crippen LogP contribution in [0, 0.1) is 5.82 Å². The lowest BCUT2D eigenvalue weighted by Crippen LogP contribution is -2.49. The fraction of sp³-hybridized carbons (Fsp3) is 0.333. The van der Waals surface area contributed by atoms with Crippen molar-refractivity contribution in [1.82, 2.24) is 24.9 Å². The summed E-state index contributed by atoms with van der Waals surface area (Å²) >= 11 is 0. The lowest BCUT2D eigenvalue weighted by Gasteiger charge is -2.33. The maximum Gasteiger partial charge on any atom is 0.324 e. The lowest BCUT2D eigenvalue weighted by molar-refractivity contribution is 0.116. The maximum absolute atomic E-state index is 15.2. The molecule has 1 aliphatic rings. The number of amides is 2. The van der Waals surface area contributed by atoms with Crippen molar-refractivity contribution in [1.29, 1.82) is 0 Å². The van der Waals surface area contributed by atoms with Gasteiger partial charge in [0, 0.05) is 41.8 Å². The van der Waals surface area contributed by atoms with E-state index < -0.39 is 34.0 Å². The van der Waals surface area contributed by atoms with E-state index >= 15 is 4.39 Å². The van der Waals surface area contributed by atoms with E-state index in [0.717, 1.165) is 17.0 Å². The van der Waals surface area contributed by atoms with Crippen molar-refractivity contribution >= 4 is 32.5 Å². The largest absolute Gasteiger partial charge is 0.415 e. The summed E-state index contributed by atoms with van der Waals surface area (Å²) in [5.74, 6) is -2.14. The average molecular weight is 549 g/mol. The molecule has 1 aliphatic heterocycles. The van der Waals surface area contributed by atoms with E-state index in [-0.39, 0.29) is 48.2 Å². The fourth-order valence-electron chi connectivity index (χ4n) is 4.24. The minimum Gasteiger partial charge on any atom is -0.415 e. The van der Waals surface area contributed by atoms with E-state index in [4.69, 9.17) is 4.42 Å². The maximum atomic E-state index is 15.2. The number of alkyl halides is 2. The zero-order valence-corrected chi connectivity index (χ0v) is 21.0. The van der Waals surface area contributed by atoms with Crippen LogP contribution in [0.25, 0.3) is 22.4 Å². The van der Waals surface area contributed by atoms with Gasteiger partial charge in [-0.25, -0.2) is 17.6 Å². The molecule has 14 heteroatoms. The number of carbonyl (C=O) groups excluding carboxylic acids is 1. The number of nitrogens with zero attached hydrogens (tertiary/aromatic N) is 6. The number of halogens is 3. The Morgan fingerprint density at radius 2 is 1.89 bits per heavy atom. The average Bonchev–Trinajstić information content (AvgIpc) is 3.55. The number of fused-ring (bicyclic) bond motifs is 1. The number of benzene rings is 2. The Balaban J connectivity index is 1.48. The highest BCUT2D eigenvalue weighted by molar-refractivity contribution is 7.91. The van der Waals surface area contributed by atoms with Gasteiger partial charge in [-0.3, -0.25) is 9.58 Å². The number of urea groups is 1. The quantitative estimate of drug-likeness (QED) is 0.357. The van der Waals surface area contributed by atoms with E-state index in [2.05, 4.69) is 15.3 Å². The highest BCUT2D eigenvalue weighted by Crippen LogP contribution is 2.28. The molecule has 3 heterocycles. The second-order valence-corrected chi connectivity index (χ2v) is 11.1. The van der Waals surface area contributed by atoms with Crippen molar-refractivity contribution in [2.24, 2.45) is 0 Å². The number of carbonyl (C=O) groups is 1. The molecule has 2 amide bonds. The van der Waals surface area contributed by atoms with E-state index in [9.17, 15) is 22.0 Å². The first-order valence-corrected chi connectivity index (χ1v) is 13.6. The van der Waals surface area contributed by atoms with Crippen molar-refractivity contribution < 1.29 is 30.8 Å². The van der Waals surface area contributed by atoms with Gasteiger partial charge in [-0.1, -0.05) is 6.07 Å². The zero-order valence-electron chi connectivity index (χ0n) is 20.2. The van der Waals surface area contributed by atoms with Crippen molar-refractivity contribution in [2.75, 3.05) is 29.5 Å². The highest BCUT2D eigenvalue weighted by Gasteiger charge is 2.30. The number of rotatable bonds is 6. The van der Waals surface area contributed by atoms with E-state index in [0.29, 0.717) is 12.2 Å². The van der Waals surface area contributed by atoms with E-state index in [1.165, 1.54) is 21.9 Å². The molecule has 0 bridgehead atoms. The summed E-state index contributed by atoms with van der Waals surface area (Å²) in [6.45, 7) is 2.41. The number of hydrogen-bond acceptors (Lipinski definition) is 7. The van der Waals surface area contributed by atoms with Crippen LogP contribution in [0.4, 0.5) is 23.7 Å². The first kappa shape index (κ1) is 25.7. The van der Waals surface area contributed by atoms with E-state index in [1.807, 2.05) is 6.92 Å². The molecule has 0 unspecified atom stereocenters. The molecule has 38 heavy (non-hydrogen) atoms. The molecule has 0 saturated carbocycles. The van der Waals surface area contributed by atoms with Gasteiger partial charge in [0.05, 0.1) is 29.8 Å². The highest BCUT2D eigenvalue weighted by atomic mass is 32.2. The molecule has 0 atom stereocenters. The number of aromatic nitrogens is 4. The van der Waals surface area contributed by atoms with Crippen LogP contribution < -0.4 is 4.90 Å².